The molecule has 0 radical (unpaired) electrons. The van der Waals surface area contributed by atoms with Crippen molar-refractivity contribution in [2.45, 2.75) is 70.7 Å². The number of hydrogen-bond acceptors (Lipinski definition) is 7. The molecule has 0 fully saturated rings. The van der Waals surface area contributed by atoms with Crippen LogP contribution in [0.15, 0.2) is 109 Å². The number of halogens is 3. The molecule has 56 heavy (non-hydrogen) atoms. The Hall–Kier alpha value is -5.48. The van der Waals surface area contributed by atoms with Crippen LogP contribution in [0, 0.1) is 0 Å². The van der Waals surface area contributed by atoms with E-state index >= 15 is 0 Å². The number of methoxy groups -OCH3 is 1. The van der Waals surface area contributed by atoms with Crippen molar-refractivity contribution in [3.8, 4) is 5.75 Å². The summed E-state index contributed by atoms with van der Waals surface area (Å²) in [4.78, 5) is 31.7. The third kappa shape index (κ3) is 10.6. The van der Waals surface area contributed by atoms with Gasteiger partial charge < -0.3 is 14.2 Å². The molecule has 1 aromatic heterocycles. The zero-order valence-corrected chi connectivity index (χ0v) is 31.8. The molecule has 0 spiro atoms. The normalized spacial score (nSPS) is 13.9. The van der Waals surface area contributed by atoms with Gasteiger partial charge >= 0.3 is 18.1 Å². The number of ether oxygens (including phenoxy) is 3. The minimum absolute atomic E-state index is 0.114. The average Bonchev–Trinajstić information content (AvgIpc) is 3.22. The number of nitrogens with zero attached hydrogens (tertiary/aromatic N) is 2. The summed E-state index contributed by atoms with van der Waals surface area (Å²) in [6.45, 7) is 4.01. The molecule has 0 saturated heterocycles. The lowest BCUT2D eigenvalue weighted by molar-refractivity contribution is -0.137. The Morgan fingerprint density at radius 2 is 1.38 bits per heavy atom. The lowest BCUT2D eigenvalue weighted by Crippen LogP contribution is -2.35. The first-order valence-corrected chi connectivity index (χ1v) is 19.1. The highest BCUT2D eigenvalue weighted by atomic mass is 19.4. The number of esters is 2. The van der Waals surface area contributed by atoms with Crippen molar-refractivity contribution in [3.63, 3.8) is 0 Å². The number of benzene rings is 4. The van der Waals surface area contributed by atoms with E-state index in [4.69, 9.17) is 19.2 Å². The first kappa shape index (κ1) is 40.2. The van der Waals surface area contributed by atoms with Gasteiger partial charge in [0.15, 0.2) is 0 Å². The van der Waals surface area contributed by atoms with E-state index in [1.165, 1.54) is 7.11 Å². The highest BCUT2D eigenvalue weighted by molar-refractivity contribution is 5.89. The molecule has 10 heteroatoms. The number of aromatic nitrogens is 1. The smallest absolute Gasteiger partial charge is 0.416 e. The fourth-order valence-electron chi connectivity index (χ4n) is 7.18. The second-order valence-corrected chi connectivity index (χ2v) is 14.0. The summed E-state index contributed by atoms with van der Waals surface area (Å²) >= 11 is 0. The van der Waals surface area contributed by atoms with E-state index in [1.807, 2.05) is 60.7 Å². The molecule has 0 aliphatic heterocycles. The maximum atomic E-state index is 12.9. The van der Waals surface area contributed by atoms with Crippen LogP contribution in [0.5, 0.6) is 5.75 Å². The van der Waals surface area contributed by atoms with Gasteiger partial charge in [-0.15, -0.1) is 0 Å². The van der Waals surface area contributed by atoms with Crippen LogP contribution in [0.25, 0.3) is 0 Å². The molecular formula is C46H47F3N2O5. The number of rotatable bonds is 16. The van der Waals surface area contributed by atoms with Gasteiger partial charge in [0, 0.05) is 24.8 Å². The maximum Gasteiger partial charge on any atom is 0.416 e. The van der Waals surface area contributed by atoms with Gasteiger partial charge in [-0.05, 0) is 122 Å². The number of carbonyl (C=O) groups excluding carboxylic acids is 2. The van der Waals surface area contributed by atoms with Crippen molar-refractivity contribution in [1.82, 2.24) is 9.88 Å². The first-order valence-electron chi connectivity index (χ1n) is 19.1. The topological polar surface area (TPSA) is 78.0 Å². The minimum Gasteiger partial charge on any atom is -0.489 e. The Morgan fingerprint density at radius 1 is 0.750 bits per heavy atom. The summed E-state index contributed by atoms with van der Waals surface area (Å²) < 4.78 is 55.2. The van der Waals surface area contributed by atoms with Gasteiger partial charge in [0.2, 0.25) is 0 Å². The number of pyridine rings is 1. The molecule has 1 aliphatic carbocycles. The molecule has 1 aliphatic rings. The van der Waals surface area contributed by atoms with Crippen molar-refractivity contribution < 1.29 is 37.0 Å². The first-order chi connectivity index (χ1) is 27.1. The number of aryl methyl sites for hydroxylation is 3. The quantitative estimate of drug-likeness (QED) is 0.0927. The molecule has 0 saturated carbocycles. The van der Waals surface area contributed by atoms with Gasteiger partial charge in [-0.2, -0.15) is 13.2 Å². The Kier molecular flexibility index (Phi) is 13.6. The molecule has 5 aromatic rings. The Bertz CT molecular complexity index is 2070. The fraction of sp³-hybridized carbons (Fsp3) is 0.326. The molecular weight excluding hydrogens is 718 g/mol. The number of hydrogen-bond donors (Lipinski definition) is 0. The third-order valence-electron chi connectivity index (χ3n) is 10.3. The van der Waals surface area contributed by atoms with Crippen LogP contribution in [0.4, 0.5) is 13.2 Å². The van der Waals surface area contributed by atoms with Gasteiger partial charge in [0.05, 0.1) is 24.8 Å². The van der Waals surface area contributed by atoms with E-state index in [2.05, 4.69) is 11.0 Å². The van der Waals surface area contributed by atoms with Crippen molar-refractivity contribution in [3.05, 3.63) is 165 Å². The molecule has 4 aromatic carbocycles. The summed E-state index contributed by atoms with van der Waals surface area (Å²) in [5, 5.41) is 0. The van der Waals surface area contributed by atoms with E-state index in [0.717, 1.165) is 109 Å². The molecule has 7 nitrogen and oxygen atoms in total. The van der Waals surface area contributed by atoms with Gasteiger partial charge in [0.25, 0.3) is 0 Å². The van der Waals surface area contributed by atoms with Crippen LogP contribution < -0.4 is 4.74 Å². The van der Waals surface area contributed by atoms with Gasteiger partial charge in [0.1, 0.15) is 18.1 Å². The third-order valence-corrected chi connectivity index (χ3v) is 10.3. The summed E-state index contributed by atoms with van der Waals surface area (Å²) in [5.41, 5.74) is 7.49. The Labute approximate surface area is 326 Å². The summed E-state index contributed by atoms with van der Waals surface area (Å²) in [6.07, 6.45) is 1.29. The monoisotopic (exact) mass is 764 g/mol. The molecule has 1 atom stereocenters. The van der Waals surface area contributed by atoms with E-state index in [-0.39, 0.29) is 12.0 Å². The van der Waals surface area contributed by atoms with Crippen LogP contribution in [-0.4, -0.2) is 48.6 Å². The molecule has 292 valence electrons. The predicted octanol–water partition coefficient (Wildman–Crippen LogP) is 9.59. The van der Waals surface area contributed by atoms with Gasteiger partial charge in [-0.1, -0.05) is 72.8 Å². The highest BCUT2D eigenvalue weighted by Gasteiger charge is 2.30. The van der Waals surface area contributed by atoms with E-state index in [1.54, 1.807) is 37.3 Å². The van der Waals surface area contributed by atoms with Crippen LogP contribution in [0.2, 0.25) is 0 Å². The van der Waals surface area contributed by atoms with Crippen molar-refractivity contribution >= 4 is 11.9 Å². The number of fused-ring (bicyclic) bond motifs is 1. The Balaban J connectivity index is 1.11. The highest BCUT2D eigenvalue weighted by Crippen LogP contribution is 2.35. The number of carbonyl (C=O) groups is 2. The van der Waals surface area contributed by atoms with Gasteiger partial charge in [-0.3, -0.25) is 4.90 Å². The molecule has 0 N–H and O–H groups in total. The van der Waals surface area contributed by atoms with Gasteiger partial charge in [-0.25, -0.2) is 14.6 Å². The predicted molar refractivity (Wildman–Crippen MR) is 209 cm³/mol. The number of alkyl halides is 3. The van der Waals surface area contributed by atoms with Crippen LogP contribution in [0.1, 0.15) is 91.3 Å². The lowest BCUT2D eigenvalue weighted by atomic mass is 9.89. The second-order valence-electron chi connectivity index (χ2n) is 14.0. The van der Waals surface area contributed by atoms with Crippen molar-refractivity contribution in [1.29, 1.82) is 0 Å². The van der Waals surface area contributed by atoms with Crippen LogP contribution >= 0.6 is 0 Å². The van der Waals surface area contributed by atoms with E-state index in [9.17, 15) is 22.8 Å². The average molecular weight is 765 g/mol. The Morgan fingerprint density at radius 3 is 2.05 bits per heavy atom. The molecule has 1 heterocycles. The van der Waals surface area contributed by atoms with E-state index in [0.29, 0.717) is 30.9 Å². The SMILES string of the molecule is CCOC(=O)c1ccc2c(n1)CCCC2N(CCc1ccc(C(=O)OC)cc1)CCc1ccccc1OCc1ccc(CCc2ccc(C(F)(F)F)cc2)cc1. The fourth-order valence-corrected chi connectivity index (χ4v) is 7.18. The van der Waals surface area contributed by atoms with Crippen LogP contribution in [-0.2, 0) is 54.4 Å². The van der Waals surface area contributed by atoms with E-state index < -0.39 is 17.7 Å². The largest absolute Gasteiger partial charge is 0.489 e. The lowest BCUT2D eigenvalue weighted by Gasteiger charge is -2.36. The zero-order valence-electron chi connectivity index (χ0n) is 31.8. The van der Waals surface area contributed by atoms with Crippen molar-refractivity contribution in [2.75, 3.05) is 26.8 Å². The number of para-hydroxylation sites is 1. The molecule has 6 rings (SSSR count). The molecule has 0 bridgehead atoms. The second kappa shape index (κ2) is 18.9. The maximum absolute atomic E-state index is 12.9. The summed E-state index contributed by atoms with van der Waals surface area (Å²) in [6, 6.07) is 33.1. The standard InChI is InChI=1S/C46H47F3N2O5/c1-3-55-45(53)41-26-25-39-40(50-41)8-6-9-42(39)51(29-27-34-17-21-37(22-18-34)44(52)54-2)30-28-36-7-4-5-10-43(36)56-31-35-15-13-32(14-16-35)11-12-33-19-23-38(24-20-33)46(47,48)49/h4-5,7,10,13-26,42H,3,6,8-9,11-12,27-31H2,1-2H3. The summed E-state index contributed by atoms with van der Waals surface area (Å²) in [5.74, 6) is 0.0512. The zero-order chi connectivity index (χ0) is 39.5. The summed E-state index contributed by atoms with van der Waals surface area (Å²) in [7, 11) is 1.38. The minimum atomic E-state index is -4.33. The molecule has 0 amide bonds. The van der Waals surface area contributed by atoms with Crippen molar-refractivity contribution in [2.24, 2.45) is 0 Å². The van der Waals surface area contributed by atoms with Crippen LogP contribution in [0.3, 0.4) is 0 Å². The molecule has 1 unspecified atom stereocenters.